The first kappa shape index (κ1) is 15.6. The molecule has 0 heterocycles. The van der Waals surface area contributed by atoms with E-state index in [4.69, 9.17) is 11.5 Å². The van der Waals surface area contributed by atoms with E-state index in [-0.39, 0.29) is 0 Å². The predicted molar refractivity (Wildman–Crippen MR) is 92.9 cm³/mol. The molecule has 22 heavy (non-hydrogen) atoms. The van der Waals surface area contributed by atoms with Crippen molar-refractivity contribution in [2.45, 2.75) is 6.42 Å². The van der Waals surface area contributed by atoms with Gasteiger partial charge in [-0.15, -0.1) is 0 Å². The third-order valence-corrected chi connectivity index (χ3v) is 3.26. The minimum absolute atomic E-state index is 0.391. The molecule has 0 aliphatic heterocycles. The summed E-state index contributed by atoms with van der Waals surface area (Å²) in [5.74, 6) is 0.962. The molecule has 0 saturated heterocycles. The van der Waals surface area contributed by atoms with E-state index >= 15 is 0 Å². The summed E-state index contributed by atoms with van der Waals surface area (Å²) in [5, 5.41) is 0. The Hall–Kier alpha value is -2.75. The number of hydrogen-bond donors (Lipinski definition) is 2. The SMILES string of the molecule is CN(C)C(N)=CC(N)=Nc1ccc(Cc2ccccc2)cc1. The zero-order valence-corrected chi connectivity index (χ0v) is 13.0. The third kappa shape index (κ3) is 4.66. The Labute approximate surface area is 131 Å². The van der Waals surface area contributed by atoms with Crippen molar-refractivity contribution in [2.24, 2.45) is 16.5 Å². The molecule has 4 nitrogen and oxygen atoms in total. The maximum Gasteiger partial charge on any atom is 0.127 e. The fourth-order valence-corrected chi connectivity index (χ4v) is 1.98. The third-order valence-electron chi connectivity index (χ3n) is 3.26. The van der Waals surface area contributed by atoms with Gasteiger partial charge in [0.05, 0.1) is 5.69 Å². The first-order valence-electron chi connectivity index (χ1n) is 7.16. The summed E-state index contributed by atoms with van der Waals surface area (Å²) in [6.07, 6.45) is 2.56. The van der Waals surface area contributed by atoms with E-state index in [1.54, 1.807) is 11.0 Å². The van der Waals surface area contributed by atoms with Crippen molar-refractivity contribution in [3.63, 3.8) is 0 Å². The summed E-state index contributed by atoms with van der Waals surface area (Å²) in [7, 11) is 3.72. The van der Waals surface area contributed by atoms with Gasteiger partial charge in [0.25, 0.3) is 0 Å². The Morgan fingerprint density at radius 1 is 0.955 bits per heavy atom. The molecule has 0 aliphatic rings. The van der Waals surface area contributed by atoms with Crippen molar-refractivity contribution in [2.75, 3.05) is 14.1 Å². The van der Waals surface area contributed by atoms with Gasteiger partial charge < -0.3 is 16.4 Å². The van der Waals surface area contributed by atoms with Gasteiger partial charge in [-0.1, -0.05) is 42.5 Å². The van der Waals surface area contributed by atoms with Crippen LogP contribution in [0.15, 0.2) is 71.5 Å². The second-order valence-electron chi connectivity index (χ2n) is 5.33. The lowest BCUT2D eigenvalue weighted by Crippen LogP contribution is -2.21. The van der Waals surface area contributed by atoms with Gasteiger partial charge in [-0.2, -0.15) is 0 Å². The van der Waals surface area contributed by atoms with Gasteiger partial charge in [0.1, 0.15) is 11.7 Å². The Balaban J connectivity index is 2.07. The van der Waals surface area contributed by atoms with Gasteiger partial charge in [-0.3, -0.25) is 0 Å². The van der Waals surface area contributed by atoms with Crippen molar-refractivity contribution in [1.82, 2.24) is 4.90 Å². The minimum Gasteiger partial charge on any atom is -0.385 e. The van der Waals surface area contributed by atoms with Gasteiger partial charge in [-0.05, 0) is 29.7 Å². The van der Waals surface area contributed by atoms with Crippen molar-refractivity contribution in [3.8, 4) is 0 Å². The summed E-state index contributed by atoms with van der Waals surface area (Å²) in [4.78, 5) is 6.12. The van der Waals surface area contributed by atoms with Crippen LogP contribution >= 0.6 is 0 Å². The van der Waals surface area contributed by atoms with Crippen LogP contribution in [0.25, 0.3) is 0 Å². The molecule has 0 bridgehead atoms. The Kier molecular flexibility index (Phi) is 5.20. The number of amidine groups is 1. The molecule has 0 aromatic heterocycles. The molecule has 4 heteroatoms. The second-order valence-corrected chi connectivity index (χ2v) is 5.33. The molecule has 0 atom stereocenters. The topological polar surface area (TPSA) is 67.6 Å². The van der Waals surface area contributed by atoms with E-state index in [9.17, 15) is 0 Å². The highest BCUT2D eigenvalue weighted by Crippen LogP contribution is 2.16. The summed E-state index contributed by atoms with van der Waals surface area (Å²) >= 11 is 0. The van der Waals surface area contributed by atoms with Crippen LogP contribution in [-0.2, 0) is 6.42 Å². The molecule has 0 amide bonds. The maximum absolute atomic E-state index is 5.87. The highest BCUT2D eigenvalue weighted by atomic mass is 15.1. The molecule has 0 aliphatic carbocycles. The molecule has 0 radical (unpaired) electrons. The molecular weight excluding hydrogens is 272 g/mol. The van der Waals surface area contributed by atoms with E-state index in [0.717, 1.165) is 12.1 Å². The van der Waals surface area contributed by atoms with Crippen molar-refractivity contribution >= 4 is 11.5 Å². The van der Waals surface area contributed by atoms with Crippen LogP contribution in [0.3, 0.4) is 0 Å². The fraction of sp³-hybridized carbons (Fsp3) is 0.167. The summed E-state index contributed by atoms with van der Waals surface area (Å²) in [5.41, 5.74) is 15.0. The van der Waals surface area contributed by atoms with Gasteiger partial charge in [-0.25, -0.2) is 4.99 Å². The molecular formula is C18H22N4. The Morgan fingerprint density at radius 3 is 2.14 bits per heavy atom. The number of aliphatic imine (C=N–C) groups is 1. The maximum atomic E-state index is 5.87. The van der Waals surface area contributed by atoms with E-state index < -0.39 is 0 Å². The highest BCUT2D eigenvalue weighted by molar-refractivity contribution is 5.93. The molecule has 0 unspecified atom stereocenters. The first-order chi connectivity index (χ1) is 10.5. The van der Waals surface area contributed by atoms with E-state index in [0.29, 0.717) is 11.7 Å². The highest BCUT2D eigenvalue weighted by Gasteiger charge is 1.98. The monoisotopic (exact) mass is 294 g/mol. The number of benzene rings is 2. The molecule has 2 aromatic rings. The molecule has 2 aromatic carbocycles. The number of nitrogens with zero attached hydrogens (tertiary/aromatic N) is 2. The van der Waals surface area contributed by atoms with Crippen LogP contribution in [0.1, 0.15) is 11.1 Å². The fourth-order valence-electron chi connectivity index (χ4n) is 1.98. The normalized spacial score (nSPS) is 12.3. The van der Waals surface area contributed by atoms with Gasteiger partial charge in [0, 0.05) is 20.2 Å². The molecule has 114 valence electrons. The summed E-state index contributed by atoms with van der Waals surface area (Å²) in [6.45, 7) is 0. The number of nitrogens with two attached hydrogens (primary N) is 2. The molecule has 0 saturated carbocycles. The van der Waals surface area contributed by atoms with Gasteiger partial charge >= 0.3 is 0 Å². The predicted octanol–water partition coefficient (Wildman–Crippen LogP) is 2.63. The van der Waals surface area contributed by atoms with Crippen molar-refractivity contribution in [3.05, 3.63) is 77.6 Å². The lowest BCUT2D eigenvalue weighted by atomic mass is 10.1. The smallest absolute Gasteiger partial charge is 0.127 e. The lowest BCUT2D eigenvalue weighted by Gasteiger charge is -2.11. The van der Waals surface area contributed by atoms with Crippen LogP contribution < -0.4 is 11.5 Å². The standard InChI is InChI=1S/C18H22N4/c1-22(2)18(20)13-17(19)21-16-10-8-15(9-11-16)12-14-6-4-3-5-7-14/h3-11,13H,12,20H2,1-2H3,(H2,19,21). The van der Waals surface area contributed by atoms with Crippen LogP contribution in [0, 0.1) is 0 Å². The zero-order chi connectivity index (χ0) is 15.9. The summed E-state index contributed by atoms with van der Waals surface area (Å²) < 4.78 is 0. The quantitative estimate of drug-likeness (QED) is 0.658. The minimum atomic E-state index is 0.391. The molecule has 2 rings (SSSR count). The Bertz CT molecular complexity index is 655. The first-order valence-corrected chi connectivity index (χ1v) is 7.16. The largest absolute Gasteiger partial charge is 0.385 e. The summed E-state index contributed by atoms with van der Waals surface area (Å²) in [6, 6.07) is 18.4. The molecule has 4 N–H and O–H groups in total. The molecule has 0 spiro atoms. The van der Waals surface area contributed by atoms with Crippen LogP contribution in [0.2, 0.25) is 0 Å². The zero-order valence-electron chi connectivity index (χ0n) is 13.0. The Morgan fingerprint density at radius 2 is 1.55 bits per heavy atom. The van der Waals surface area contributed by atoms with E-state index in [2.05, 4.69) is 41.4 Å². The van der Waals surface area contributed by atoms with Crippen LogP contribution in [0.4, 0.5) is 5.69 Å². The van der Waals surface area contributed by atoms with Crippen molar-refractivity contribution in [1.29, 1.82) is 0 Å². The second kappa shape index (κ2) is 7.31. The average molecular weight is 294 g/mol. The lowest BCUT2D eigenvalue weighted by molar-refractivity contribution is 0.506. The molecule has 0 fully saturated rings. The van der Waals surface area contributed by atoms with Gasteiger partial charge in [0.2, 0.25) is 0 Å². The number of hydrogen-bond acceptors (Lipinski definition) is 3. The average Bonchev–Trinajstić information content (AvgIpc) is 2.50. The van der Waals surface area contributed by atoms with E-state index in [1.165, 1.54) is 11.1 Å². The van der Waals surface area contributed by atoms with Crippen LogP contribution in [0.5, 0.6) is 0 Å². The van der Waals surface area contributed by atoms with Gasteiger partial charge in [0.15, 0.2) is 0 Å². The number of rotatable bonds is 5. The van der Waals surface area contributed by atoms with Crippen molar-refractivity contribution < 1.29 is 0 Å². The van der Waals surface area contributed by atoms with Crippen LogP contribution in [-0.4, -0.2) is 24.8 Å². The van der Waals surface area contributed by atoms with E-state index in [1.807, 2.05) is 32.3 Å².